The maximum Gasteiger partial charge on any atom is 0.221 e. The highest BCUT2D eigenvalue weighted by Crippen LogP contribution is 2.38. The molecular weight excluding hydrogens is 291 g/mol. The minimum absolute atomic E-state index is 0.0816. The van der Waals surface area contributed by atoms with Gasteiger partial charge >= 0.3 is 0 Å². The predicted molar refractivity (Wildman–Crippen MR) is 81.6 cm³/mol. The molecule has 2 heterocycles. The minimum Gasteiger partial charge on any atom is -0.397 e. The number of Topliss-reactive ketones (excluding diaryl/α,β-unsaturated/α-hetero) is 1. The summed E-state index contributed by atoms with van der Waals surface area (Å²) in [5.41, 5.74) is 13.3. The van der Waals surface area contributed by atoms with E-state index in [1.165, 1.54) is 30.4 Å². The van der Waals surface area contributed by atoms with Crippen LogP contribution in [0.25, 0.3) is 21.5 Å². The summed E-state index contributed by atoms with van der Waals surface area (Å²) >= 11 is 1.18. The summed E-state index contributed by atoms with van der Waals surface area (Å²) in [5.74, 6) is -0.406. The quantitative estimate of drug-likeness (QED) is 0.710. The number of fused-ring (bicyclic) bond motifs is 1. The number of carbonyl (C=O) groups is 1. The van der Waals surface area contributed by atoms with E-state index < -0.39 is 0 Å². The van der Waals surface area contributed by atoms with Gasteiger partial charge in [-0.05, 0) is 24.3 Å². The first kappa shape index (κ1) is 13.4. The number of carbonyl (C=O) groups excluding carboxylic acids is 1. The summed E-state index contributed by atoms with van der Waals surface area (Å²) in [6.07, 6.45) is 0. The van der Waals surface area contributed by atoms with Gasteiger partial charge in [0.25, 0.3) is 0 Å². The first-order valence-corrected chi connectivity index (χ1v) is 6.91. The number of benzene rings is 1. The van der Waals surface area contributed by atoms with Crippen LogP contribution in [0.3, 0.4) is 0 Å². The van der Waals surface area contributed by atoms with Crippen molar-refractivity contribution < 1.29 is 9.18 Å². The Hall–Kier alpha value is -2.54. The molecule has 3 rings (SSSR count). The zero-order valence-corrected chi connectivity index (χ0v) is 11.9. The van der Waals surface area contributed by atoms with Crippen LogP contribution in [0, 0.1) is 5.82 Å². The number of nitrogens with two attached hydrogens (primary N) is 2. The van der Waals surface area contributed by atoms with Gasteiger partial charge < -0.3 is 11.5 Å². The van der Waals surface area contributed by atoms with Crippen LogP contribution in [0.15, 0.2) is 24.3 Å². The van der Waals surface area contributed by atoms with Crippen molar-refractivity contribution in [3.8, 4) is 11.3 Å². The maximum absolute atomic E-state index is 13.1. The van der Waals surface area contributed by atoms with Crippen LogP contribution in [0.2, 0.25) is 0 Å². The molecule has 1 aromatic carbocycles. The maximum atomic E-state index is 13.1. The van der Waals surface area contributed by atoms with Gasteiger partial charge in [-0.25, -0.2) is 14.4 Å². The van der Waals surface area contributed by atoms with Crippen LogP contribution in [0.5, 0.6) is 0 Å². The van der Waals surface area contributed by atoms with Crippen molar-refractivity contribution in [3.05, 3.63) is 35.0 Å². The summed E-state index contributed by atoms with van der Waals surface area (Å²) in [6, 6.07) is 5.82. The molecular formula is C14H11FN4OS. The highest BCUT2D eigenvalue weighted by Gasteiger charge is 2.19. The Morgan fingerprint density at radius 3 is 2.48 bits per heavy atom. The van der Waals surface area contributed by atoms with Crippen LogP contribution in [-0.2, 0) is 0 Å². The molecule has 5 nitrogen and oxygen atoms in total. The molecule has 0 atom stereocenters. The minimum atomic E-state index is -0.347. The molecule has 3 aromatic rings. The number of anilines is 2. The molecule has 0 radical (unpaired) electrons. The van der Waals surface area contributed by atoms with Gasteiger partial charge in [-0.3, -0.25) is 4.79 Å². The number of rotatable bonds is 2. The molecule has 0 fully saturated rings. The fourth-order valence-electron chi connectivity index (χ4n) is 2.12. The number of thiophene rings is 1. The number of halogens is 1. The molecule has 4 N–H and O–H groups in total. The van der Waals surface area contributed by atoms with Crippen molar-refractivity contribution in [1.29, 1.82) is 0 Å². The normalized spacial score (nSPS) is 11.0. The summed E-state index contributed by atoms with van der Waals surface area (Å²) in [6.45, 7) is 1.44. The van der Waals surface area contributed by atoms with Gasteiger partial charge in [0.2, 0.25) is 5.95 Å². The number of ketones is 1. The molecule has 21 heavy (non-hydrogen) atoms. The fourth-order valence-corrected chi connectivity index (χ4v) is 3.11. The van der Waals surface area contributed by atoms with Crippen LogP contribution >= 0.6 is 11.3 Å². The molecule has 0 aliphatic rings. The highest BCUT2D eigenvalue weighted by atomic mass is 32.1. The van der Waals surface area contributed by atoms with Crippen molar-refractivity contribution >= 4 is 39.0 Å². The Labute approximate surface area is 123 Å². The van der Waals surface area contributed by atoms with E-state index in [2.05, 4.69) is 9.97 Å². The molecule has 2 aromatic heterocycles. The van der Waals surface area contributed by atoms with Gasteiger partial charge in [-0.1, -0.05) is 0 Å². The third-order valence-electron chi connectivity index (χ3n) is 3.04. The van der Waals surface area contributed by atoms with Crippen molar-refractivity contribution in [2.45, 2.75) is 6.92 Å². The zero-order chi connectivity index (χ0) is 15.1. The molecule has 0 bridgehead atoms. The van der Waals surface area contributed by atoms with Crippen molar-refractivity contribution in [2.75, 3.05) is 11.5 Å². The Balaban J connectivity index is 2.36. The molecule has 7 heteroatoms. The number of aromatic nitrogens is 2. The van der Waals surface area contributed by atoms with Gasteiger partial charge in [-0.2, -0.15) is 0 Å². The lowest BCUT2D eigenvalue weighted by atomic mass is 10.1. The van der Waals surface area contributed by atoms with E-state index >= 15 is 0 Å². The summed E-state index contributed by atoms with van der Waals surface area (Å²) in [7, 11) is 0. The Morgan fingerprint density at radius 1 is 1.19 bits per heavy atom. The smallest absolute Gasteiger partial charge is 0.221 e. The Morgan fingerprint density at radius 2 is 1.86 bits per heavy atom. The van der Waals surface area contributed by atoms with Gasteiger partial charge in [0.15, 0.2) is 5.78 Å². The number of nitrogen functional groups attached to an aromatic ring is 2. The van der Waals surface area contributed by atoms with Gasteiger partial charge in [-0.15, -0.1) is 11.3 Å². The van der Waals surface area contributed by atoms with E-state index in [4.69, 9.17) is 11.5 Å². The number of hydrogen-bond donors (Lipinski definition) is 2. The van der Waals surface area contributed by atoms with E-state index in [9.17, 15) is 9.18 Å². The first-order valence-electron chi connectivity index (χ1n) is 6.09. The van der Waals surface area contributed by atoms with Gasteiger partial charge in [0.05, 0.1) is 21.6 Å². The SMILES string of the molecule is CC(=O)c1sc2nc(N)nc(-c3ccc(F)cc3)c2c1N. The first-order chi connectivity index (χ1) is 9.97. The predicted octanol–water partition coefficient (Wildman–Crippen LogP) is 2.86. The molecule has 0 spiro atoms. The van der Waals surface area contributed by atoms with Crippen molar-refractivity contribution in [1.82, 2.24) is 9.97 Å². The average molecular weight is 302 g/mol. The summed E-state index contributed by atoms with van der Waals surface area (Å²) in [4.78, 5) is 20.9. The lowest BCUT2D eigenvalue weighted by Crippen LogP contribution is -1.99. The van der Waals surface area contributed by atoms with Crippen LogP contribution in [0.1, 0.15) is 16.6 Å². The van der Waals surface area contributed by atoms with E-state index in [1.54, 1.807) is 12.1 Å². The van der Waals surface area contributed by atoms with E-state index in [1.807, 2.05) is 0 Å². The number of nitrogens with zero attached hydrogens (tertiary/aromatic N) is 2. The molecule has 0 aliphatic heterocycles. The Kier molecular flexibility index (Phi) is 3.06. The number of hydrogen-bond acceptors (Lipinski definition) is 6. The zero-order valence-electron chi connectivity index (χ0n) is 11.1. The lowest BCUT2D eigenvalue weighted by molar-refractivity contribution is 0.102. The van der Waals surface area contributed by atoms with Gasteiger partial charge in [0.1, 0.15) is 10.6 Å². The van der Waals surface area contributed by atoms with Crippen molar-refractivity contribution in [2.24, 2.45) is 0 Å². The molecule has 0 unspecified atom stereocenters. The van der Waals surface area contributed by atoms with Crippen LogP contribution in [-0.4, -0.2) is 15.8 Å². The highest BCUT2D eigenvalue weighted by molar-refractivity contribution is 7.21. The molecule has 106 valence electrons. The van der Waals surface area contributed by atoms with E-state index in [0.29, 0.717) is 32.0 Å². The topological polar surface area (TPSA) is 94.9 Å². The second-order valence-electron chi connectivity index (χ2n) is 4.52. The second kappa shape index (κ2) is 4.78. The lowest BCUT2D eigenvalue weighted by Gasteiger charge is -2.05. The molecule has 0 aliphatic carbocycles. The van der Waals surface area contributed by atoms with E-state index in [0.717, 1.165) is 0 Å². The fraction of sp³-hybridized carbons (Fsp3) is 0.0714. The summed E-state index contributed by atoms with van der Waals surface area (Å²) < 4.78 is 13.1. The third-order valence-corrected chi connectivity index (χ3v) is 4.24. The second-order valence-corrected chi connectivity index (χ2v) is 5.52. The molecule has 0 amide bonds. The average Bonchev–Trinajstić information content (AvgIpc) is 2.76. The monoisotopic (exact) mass is 302 g/mol. The van der Waals surface area contributed by atoms with Crippen LogP contribution < -0.4 is 11.5 Å². The summed E-state index contributed by atoms with van der Waals surface area (Å²) in [5, 5.41) is 0.575. The van der Waals surface area contributed by atoms with Gasteiger partial charge in [0, 0.05) is 12.5 Å². The largest absolute Gasteiger partial charge is 0.397 e. The molecule has 0 saturated heterocycles. The molecule has 0 saturated carbocycles. The Bertz CT molecular complexity index is 858. The van der Waals surface area contributed by atoms with Crippen molar-refractivity contribution in [3.63, 3.8) is 0 Å². The standard InChI is InChI=1S/C14H11FN4OS/c1-6(20)12-10(16)9-11(7-2-4-8(15)5-3-7)18-14(17)19-13(9)21-12/h2-5H,16H2,1H3,(H2,17,18,19). The van der Waals surface area contributed by atoms with Crippen LogP contribution in [0.4, 0.5) is 16.0 Å². The van der Waals surface area contributed by atoms with E-state index in [-0.39, 0.29) is 17.5 Å². The third kappa shape index (κ3) is 2.21.